The molecule has 1 aliphatic carbocycles. The number of allylic oxidation sites excluding steroid dienone is 3. The van der Waals surface area contributed by atoms with Gasteiger partial charge in [0.1, 0.15) is 0 Å². The highest BCUT2D eigenvalue weighted by molar-refractivity contribution is 8.04. The van der Waals surface area contributed by atoms with Crippen LogP contribution in [0.3, 0.4) is 0 Å². The van der Waals surface area contributed by atoms with Gasteiger partial charge in [-0.05, 0) is 63.5 Å². The van der Waals surface area contributed by atoms with E-state index in [0.29, 0.717) is 0 Å². The zero-order chi connectivity index (χ0) is 26.8. The number of hydrogen-bond donors (Lipinski definition) is 0. The zero-order valence-electron chi connectivity index (χ0n) is 22.6. The Labute approximate surface area is 241 Å². The molecule has 40 heavy (non-hydrogen) atoms. The van der Waals surface area contributed by atoms with Gasteiger partial charge in [-0.2, -0.15) is 0 Å². The maximum absolute atomic E-state index is 2.46. The molecular weight excluding hydrogens is 501 g/mol. The average Bonchev–Trinajstić information content (AvgIpc) is 3.24. The minimum Gasteiger partial charge on any atom is -0.311 e. The summed E-state index contributed by atoms with van der Waals surface area (Å²) in [4.78, 5) is 5.24. The van der Waals surface area contributed by atoms with E-state index < -0.39 is 0 Å². The molecule has 8 rings (SSSR count). The number of hydrogen-bond acceptors (Lipinski definition) is 2. The number of para-hydroxylation sites is 2. The van der Waals surface area contributed by atoms with Gasteiger partial charge in [-0.1, -0.05) is 134 Å². The van der Waals surface area contributed by atoms with Crippen LogP contribution in [-0.4, -0.2) is 6.71 Å². The lowest BCUT2D eigenvalue weighted by atomic mass is 9.31. The average molecular weight is 530 g/mol. The van der Waals surface area contributed by atoms with Crippen molar-refractivity contribution in [2.24, 2.45) is 5.41 Å². The number of fused-ring (bicyclic) bond motifs is 3. The highest BCUT2D eigenvalue weighted by atomic mass is 32.2. The van der Waals surface area contributed by atoms with Crippen molar-refractivity contribution in [1.82, 2.24) is 0 Å². The molecule has 1 nitrogen and oxygen atoms in total. The van der Waals surface area contributed by atoms with Crippen molar-refractivity contribution in [2.75, 3.05) is 4.90 Å². The van der Waals surface area contributed by atoms with Crippen molar-refractivity contribution in [3.63, 3.8) is 0 Å². The molecule has 0 spiro atoms. The Hall–Kier alpha value is -4.21. The Balaban J connectivity index is 1.43. The maximum Gasteiger partial charge on any atom is 0.246 e. The number of nitrogens with zero attached hydrogens (tertiary/aromatic N) is 1. The molecule has 3 aliphatic rings. The van der Waals surface area contributed by atoms with Gasteiger partial charge in [-0.15, -0.1) is 0 Å². The van der Waals surface area contributed by atoms with Gasteiger partial charge in [-0.3, -0.25) is 0 Å². The molecule has 0 unspecified atom stereocenters. The first-order valence-corrected chi connectivity index (χ1v) is 14.8. The molecule has 3 heteroatoms. The number of anilines is 3. The molecule has 5 aromatic carbocycles. The van der Waals surface area contributed by atoms with Crippen LogP contribution in [0.5, 0.6) is 0 Å². The SMILES string of the molecule is CC1(C)C2=C(Sc3cccc4c3B2c2ccccc2N4c2ccccc2)C(c2ccccc2)=C1c1ccccc1. The lowest BCUT2D eigenvalue weighted by Gasteiger charge is -2.43. The number of rotatable bonds is 3. The predicted octanol–water partition coefficient (Wildman–Crippen LogP) is 8.63. The van der Waals surface area contributed by atoms with E-state index in [0.717, 1.165) is 0 Å². The van der Waals surface area contributed by atoms with E-state index in [4.69, 9.17) is 0 Å². The first-order chi connectivity index (χ1) is 19.6. The summed E-state index contributed by atoms with van der Waals surface area (Å²) in [5, 5.41) is 0. The van der Waals surface area contributed by atoms with Crippen molar-refractivity contribution in [3.8, 4) is 0 Å². The molecule has 0 saturated heterocycles. The Morgan fingerprint density at radius 3 is 1.93 bits per heavy atom. The first kappa shape index (κ1) is 23.7. The van der Waals surface area contributed by atoms with E-state index in [1.165, 1.54) is 65.5 Å². The van der Waals surface area contributed by atoms with Gasteiger partial charge in [0.05, 0.1) is 0 Å². The molecule has 0 N–H and O–H groups in total. The van der Waals surface area contributed by atoms with E-state index in [1.54, 1.807) is 0 Å². The van der Waals surface area contributed by atoms with Crippen LogP contribution in [0.15, 0.2) is 149 Å². The highest BCUT2D eigenvalue weighted by Crippen LogP contribution is 2.61. The molecule has 0 bridgehead atoms. The van der Waals surface area contributed by atoms with Crippen LogP contribution in [-0.2, 0) is 0 Å². The standard InChI is InChI=1S/C37H28BNS/c1-37(2)33(26-17-8-4-9-18-26)32(25-15-6-3-7-16-25)35-36(37)38-28-21-12-13-22-29(28)39(27-19-10-5-11-20-27)30-23-14-24-31(40-35)34(30)38/h3-24H,1-2H3. The lowest BCUT2D eigenvalue weighted by Crippen LogP contribution is -2.55. The van der Waals surface area contributed by atoms with Gasteiger partial charge >= 0.3 is 0 Å². The second-order valence-electron chi connectivity index (χ2n) is 11.3. The second kappa shape index (κ2) is 8.91. The molecule has 0 amide bonds. The normalized spacial score (nSPS) is 16.6. The first-order valence-electron chi connectivity index (χ1n) is 14.0. The van der Waals surface area contributed by atoms with E-state index in [-0.39, 0.29) is 12.1 Å². The van der Waals surface area contributed by atoms with Crippen molar-refractivity contribution in [3.05, 3.63) is 155 Å². The van der Waals surface area contributed by atoms with Crippen molar-refractivity contribution >= 4 is 57.6 Å². The molecule has 2 heterocycles. The lowest BCUT2D eigenvalue weighted by molar-refractivity contribution is 0.640. The summed E-state index contributed by atoms with van der Waals surface area (Å²) in [5.74, 6) is 0. The van der Waals surface area contributed by atoms with Crippen molar-refractivity contribution in [1.29, 1.82) is 0 Å². The fourth-order valence-electron chi connectivity index (χ4n) is 7.16. The predicted molar refractivity (Wildman–Crippen MR) is 173 cm³/mol. The third-order valence-electron chi connectivity index (χ3n) is 8.72. The molecule has 0 saturated carbocycles. The van der Waals surface area contributed by atoms with Gasteiger partial charge in [0.2, 0.25) is 6.71 Å². The molecule has 5 aromatic rings. The second-order valence-corrected chi connectivity index (χ2v) is 12.4. The highest BCUT2D eigenvalue weighted by Gasteiger charge is 2.51. The van der Waals surface area contributed by atoms with Crippen LogP contribution < -0.4 is 15.8 Å². The van der Waals surface area contributed by atoms with Gasteiger partial charge in [0, 0.05) is 32.3 Å². The fraction of sp³-hybridized carbons (Fsp3) is 0.0811. The summed E-state index contributed by atoms with van der Waals surface area (Å²) in [7, 11) is 0. The van der Waals surface area contributed by atoms with Gasteiger partial charge < -0.3 is 4.90 Å². The van der Waals surface area contributed by atoms with E-state index >= 15 is 0 Å². The Morgan fingerprint density at radius 2 is 1.20 bits per heavy atom. The largest absolute Gasteiger partial charge is 0.311 e. The molecule has 2 aliphatic heterocycles. The van der Waals surface area contributed by atoms with E-state index in [2.05, 4.69) is 152 Å². The van der Waals surface area contributed by atoms with E-state index in [9.17, 15) is 0 Å². The summed E-state index contributed by atoms with van der Waals surface area (Å²) in [5.41, 5.74) is 13.3. The van der Waals surface area contributed by atoms with Crippen LogP contribution >= 0.6 is 11.8 Å². The fourth-order valence-corrected chi connectivity index (χ4v) is 8.66. The zero-order valence-corrected chi connectivity index (χ0v) is 23.5. The Bertz CT molecular complexity index is 1840. The van der Waals surface area contributed by atoms with Crippen LogP contribution in [0.25, 0.3) is 11.1 Å². The molecule has 0 radical (unpaired) electrons. The topological polar surface area (TPSA) is 3.24 Å². The van der Waals surface area contributed by atoms with Crippen LogP contribution in [0.4, 0.5) is 17.1 Å². The maximum atomic E-state index is 2.46. The Morgan fingerprint density at radius 1 is 0.600 bits per heavy atom. The quantitative estimate of drug-likeness (QED) is 0.215. The smallest absolute Gasteiger partial charge is 0.246 e. The van der Waals surface area contributed by atoms with Crippen molar-refractivity contribution < 1.29 is 0 Å². The van der Waals surface area contributed by atoms with Crippen LogP contribution in [0, 0.1) is 5.41 Å². The summed E-state index contributed by atoms with van der Waals surface area (Å²) in [6.07, 6.45) is 0. The molecular formula is C37H28BNS. The Kier molecular flexibility index (Phi) is 5.27. The van der Waals surface area contributed by atoms with Crippen LogP contribution in [0.1, 0.15) is 25.0 Å². The van der Waals surface area contributed by atoms with Crippen LogP contribution in [0.2, 0.25) is 0 Å². The molecule has 0 atom stereocenters. The molecule has 190 valence electrons. The van der Waals surface area contributed by atoms with Crippen molar-refractivity contribution in [2.45, 2.75) is 18.7 Å². The third kappa shape index (κ3) is 3.31. The summed E-state index contributed by atoms with van der Waals surface area (Å²) in [6.45, 7) is 5.08. The monoisotopic (exact) mass is 529 g/mol. The third-order valence-corrected chi connectivity index (χ3v) is 9.93. The number of thioether (sulfide) groups is 1. The van der Waals surface area contributed by atoms with E-state index in [1.807, 2.05) is 11.8 Å². The number of benzene rings is 5. The van der Waals surface area contributed by atoms with Gasteiger partial charge in [0.15, 0.2) is 0 Å². The van der Waals surface area contributed by atoms with Gasteiger partial charge in [-0.25, -0.2) is 0 Å². The minimum atomic E-state index is -0.160. The van der Waals surface area contributed by atoms with Gasteiger partial charge in [0.25, 0.3) is 0 Å². The molecule has 0 fully saturated rings. The minimum absolute atomic E-state index is 0.160. The summed E-state index contributed by atoms with van der Waals surface area (Å²) >= 11 is 1.97. The summed E-state index contributed by atoms with van der Waals surface area (Å²) in [6, 6.07) is 48.8. The summed E-state index contributed by atoms with van der Waals surface area (Å²) < 4.78 is 0. The molecule has 0 aromatic heterocycles.